The first kappa shape index (κ1) is 11.1. The van der Waals surface area contributed by atoms with E-state index in [1.165, 1.54) is 4.31 Å². The van der Waals surface area contributed by atoms with E-state index in [2.05, 4.69) is 0 Å². The SMILES string of the molecule is C[C@H]1CC[C@H](N)[C@@H](O)CN1S(=O)[O-]. The van der Waals surface area contributed by atoms with E-state index in [-0.39, 0.29) is 18.6 Å². The Bertz CT molecular complexity index is 202. The molecule has 1 unspecified atom stereocenters. The van der Waals surface area contributed by atoms with Crippen LogP contribution in [0.4, 0.5) is 0 Å². The van der Waals surface area contributed by atoms with E-state index in [1.807, 2.05) is 6.92 Å². The monoisotopic (exact) mass is 207 g/mol. The molecule has 0 aromatic rings. The lowest BCUT2D eigenvalue weighted by Crippen LogP contribution is -2.42. The van der Waals surface area contributed by atoms with E-state index in [0.29, 0.717) is 12.8 Å². The second kappa shape index (κ2) is 4.47. The predicted octanol–water partition coefficient (Wildman–Crippen LogP) is -1.05. The molecule has 6 heteroatoms. The van der Waals surface area contributed by atoms with Gasteiger partial charge in [-0.15, -0.1) is 0 Å². The summed E-state index contributed by atoms with van der Waals surface area (Å²) in [6, 6.07) is -0.377. The third kappa shape index (κ3) is 2.72. The van der Waals surface area contributed by atoms with Gasteiger partial charge >= 0.3 is 0 Å². The van der Waals surface area contributed by atoms with Gasteiger partial charge in [0, 0.05) is 29.9 Å². The van der Waals surface area contributed by atoms with E-state index in [0.717, 1.165) is 0 Å². The number of hydrogen-bond donors (Lipinski definition) is 2. The molecule has 0 aliphatic carbocycles. The number of rotatable bonds is 1. The van der Waals surface area contributed by atoms with Gasteiger partial charge in [-0.25, -0.2) is 4.31 Å². The molecule has 1 heterocycles. The molecule has 0 aromatic heterocycles. The molecular weight excluding hydrogens is 192 g/mol. The van der Waals surface area contributed by atoms with Crippen molar-refractivity contribution >= 4 is 11.3 Å². The van der Waals surface area contributed by atoms with E-state index in [1.54, 1.807) is 0 Å². The van der Waals surface area contributed by atoms with Crippen molar-refractivity contribution < 1.29 is 13.9 Å². The van der Waals surface area contributed by atoms with Crippen LogP contribution in [0.25, 0.3) is 0 Å². The first-order valence-corrected chi connectivity index (χ1v) is 5.35. The highest BCUT2D eigenvalue weighted by Crippen LogP contribution is 2.17. The summed E-state index contributed by atoms with van der Waals surface area (Å²) in [5.41, 5.74) is 5.63. The van der Waals surface area contributed by atoms with Gasteiger partial charge in [0.2, 0.25) is 0 Å². The Labute approximate surface area is 80.3 Å². The summed E-state index contributed by atoms with van der Waals surface area (Å²) >= 11 is -2.26. The third-order valence-corrected chi connectivity index (χ3v) is 3.35. The summed E-state index contributed by atoms with van der Waals surface area (Å²) < 4.78 is 22.7. The van der Waals surface area contributed by atoms with Gasteiger partial charge in [0.25, 0.3) is 0 Å². The molecule has 13 heavy (non-hydrogen) atoms. The van der Waals surface area contributed by atoms with Gasteiger partial charge in [0.15, 0.2) is 0 Å². The third-order valence-electron chi connectivity index (χ3n) is 2.46. The summed E-state index contributed by atoms with van der Waals surface area (Å²) in [4.78, 5) is 0. The van der Waals surface area contributed by atoms with Crippen molar-refractivity contribution in [1.82, 2.24) is 4.31 Å². The van der Waals surface area contributed by atoms with Crippen molar-refractivity contribution in [3.8, 4) is 0 Å². The summed E-state index contributed by atoms with van der Waals surface area (Å²) in [5.74, 6) is 0. The Hall–Kier alpha value is -0.0100. The minimum atomic E-state index is -2.26. The van der Waals surface area contributed by atoms with E-state index in [4.69, 9.17) is 5.73 Å². The molecule has 0 spiro atoms. The van der Waals surface area contributed by atoms with Crippen LogP contribution in [0.3, 0.4) is 0 Å². The van der Waals surface area contributed by atoms with E-state index in [9.17, 15) is 13.9 Å². The second-order valence-electron chi connectivity index (χ2n) is 3.47. The highest BCUT2D eigenvalue weighted by atomic mass is 32.2. The molecular formula is C7H15N2O3S-. The molecule has 1 aliphatic heterocycles. The molecule has 0 radical (unpaired) electrons. The van der Waals surface area contributed by atoms with Crippen molar-refractivity contribution in [2.45, 2.75) is 38.0 Å². The number of nitrogens with two attached hydrogens (primary N) is 1. The van der Waals surface area contributed by atoms with Crippen molar-refractivity contribution in [1.29, 1.82) is 0 Å². The summed E-state index contributed by atoms with van der Waals surface area (Å²) in [6.07, 6.45) is 0.616. The van der Waals surface area contributed by atoms with Crippen LogP contribution in [-0.4, -0.2) is 42.9 Å². The number of hydrogen-bond acceptors (Lipinski definition) is 4. The van der Waals surface area contributed by atoms with Crippen molar-refractivity contribution in [3.05, 3.63) is 0 Å². The molecule has 1 rings (SSSR count). The maximum Gasteiger partial charge on any atom is 0.0827 e. The van der Waals surface area contributed by atoms with Gasteiger partial charge in [0.1, 0.15) is 0 Å². The molecule has 78 valence electrons. The lowest BCUT2D eigenvalue weighted by Gasteiger charge is -2.29. The smallest absolute Gasteiger partial charge is 0.0827 e. The van der Waals surface area contributed by atoms with Crippen molar-refractivity contribution in [2.24, 2.45) is 5.73 Å². The average molecular weight is 207 g/mol. The second-order valence-corrected chi connectivity index (χ2v) is 4.38. The van der Waals surface area contributed by atoms with Crippen molar-refractivity contribution in [3.63, 3.8) is 0 Å². The fraction of sp³-hybridized carbons (Fsp3) is 1.00. The molecule has 1 saturated heterocycles. The molecule has 0 bridgehead atoms. The Balaban J connectivity index is 2.68. The van der Waals surface area contributed by atoms with Crippen LogP contribution >= 0.6 is 0 Å². The first-order valence-electron chi connectivity index (χ1n) is 4.32. The van der Waals surface area contributed by atoms with Gasteiger partial charge < -0.3 is 15.4 Å². The van der Waals surface area contributed by atoms with Crippen LogP contribution in [0.5, 0.6) is 0 Å². The fourth-order valence-electron chi connectivity index (χ4n) is 1.48. The minimum absolute atomic E-state index is 0.0680. The Morgan fingerprint density at radius 3 is 2.77 bits per heavy atom. The zero-order valence-electron chi connectivity index (χ0n) is 7.55. The maximum atomic E-state index is 10.7. The van der Waals surface area contributed by atoms with Gasteiger partial charge in [-0.1, -0.05) is 0 Å². The molecule has 0 amide bonds. The van der Waals surface area contributed by atoms with Crippen molar-refractivity contribution in [2.75, 3.05) is 6.54 Å². The average Bonchev–Trinajstić information content (AvgIpc) is 2.18. The summed E-state index contributed by atoms with van der Waals surface area (Å²) in [7, 11) is 0. The van der Waals surface area contributed by atoms with Crippen LogP contribution in [-0.2, 0) is 11.3 Å². The number of β-amino-alcohol motifs (C(OH)–C–C–N with tert-alkyl or cyclic N) is 1. The largest absolute Gasteiger partial charge is 0.760 e. The van der Waals surface area contributed by atoms with Gasteiger partial charge in [-0.3, -0.25) is 4.21 Å². The van der Waals surface area contributed by atoms with Gasteiger partial charge in [-0.2, -0.15) is 0 Å². The fourth-order valence-corrected chi connectivity index (χ4v) is 2.15. The Morgan fingerprint density at radius 1 is 1.62 bits per heavy atom. The summed E-state index contributed by atoms with van der Waals surface area (Å²) in [6.45, 7) is 1.93. The number of nitrogens with zero attached hydrogens (tertiary/aromatic N) is 1. The number of aliphatic hydroxyl groups excluding tert-OH is 1. The first-order chi connectivity index (χ1) is 6.02. The van der Waals surface area contributed by atoms with E-state index >= 15 is 0 Å². The standard InChI is InChI=1S/C7H16N2O3S/c1-5-2-3-6(8)7(10)4-9(5)13(11)12/h5-7,10H,2-4,8H2,1H3,(H,11,12)/p-1/t5-,6-,7-/m0/s1. The Morgan fingerprint density at radius 2 is 2.23 bits per heavy atom. The lowest BCUT2D eigenvalue weighted by molar-refractivity contribution is 0.125. The van der Waals surface area contributed by atoms with Crippen LogP contribution in [0.1, 0.15) is 19.8 Å². The molecule has 5 nitrogen and oxygen atoms in total. The van der Waals surface area contributed by atoms with Crippen LogP contribution in [0.2, 0.25) is 0 Å². The normalized spacial score (nSPS) is 39.8. The molecule has 0 saturated carbocycles. The zero-order chi connectivity index (χ0) is 10.0. The summed E-state index contributed by atoms with van der Waals surface area (Å²) in [5, 5.41) is 9.45. The zero-order valence-corrected chi connectivity index (χ0v) is 8.37. The molecule has 1 fully saturated rings. The Kier molecular flexibility index (Phi) is 3.81. The van der Waals surface area contributed by atoms with E-state index < -0.39 is 17.4 Å². The highest BCUT2D eigenvalue weighted by molar-refractivity contribution is 7.76. The minimum Gasteiger partial charge on any atom is -0.760 e. The molecule has 4 atom stereocenters. The lowest BCUT2D eigenvalue weighted by atomic mass is 10.1. The topological polar surface area (TPSA) is 89.6 Å². The maximum absolute atomic E-state index is 10.7. The number of aliphatic hydroxyl groups is 1. The van der Waals surface area contributed by atoms with Gasteiger partial charge in [0.05, 0.1) is 6.10 Å². The van der Waals surface area contributed by atoms with Crippen LogP contribution in [0.15, 0.2) is 0 Å². The molecule has 3 N–H and O–H groups in total. The van der Waals surface area contributed by atoms with Crippen LogP contribution in [0, 0.1) is 0 Å². The van der Waals surface area contributed by atoms with Crippen LogP contribution < -0.4 is 5.73 Å². The predicted molar refractivity (Wildman–Crippen MR) is 48.3 cm³/mol. The molecule has 1 aliphatic rings. The quantitative estimate of drug-likeness (QED) is 0.537. The van der Waals surface area contributed by atoms with Gasteiger partial charge in [-0.05, 0) is 19.8 Å². The highest BCUT2D eigenvalue weighted by Gasteiger charge is 2.27. The molecule has 0 aromatic carbocycles.